The standard InChI is InChI=1S/C52H60N4O4S/c1-9-52(6,7)51(57)60-45-21-11-10-20-44(45)56-43-32-31-42(48-41(43)19-14-22-46(48)61(58,59)53-8)47(37-23-27-39(28-24-37)54-49-33(2)15-12-16-34(49)3)38-25-29-40(30-26-38)55-50-35(4)17-13-18-36(50)5/h12-19,22-32,44-45,47,53-56H,9-11,20-21H2,1-8H3. The van der Waals surface area contributed by atoms with Crippen LogP contribution in [-0.4, -0.2) is 33.6 Å². The van der Waals surface area contributed by atoms with Crippen molar-refractivity contribution in [3.63, 3.8) is 0 Å². The summed E-state index contributed by atoms with van der Waals surface area (Å²) in [5.41, 5.74) is 11.8. The topological polar surface area (TPSA) is 109 Å². The lowest BCUT2D eigenvalue weighted by molar-refractivity contribution is -0.161. The number of fused-ring (bicyclic) bond motifs is 1. The molecule has 0 heterocycles. The molecule has 0 radical (unpaired) electrons. The van der Waals surface area contributed by atoms with Crippen molar-refractivity contribution >= 4 is 55.2 Å². The summed E-state index contributed by atoms with van der Waals surface area (Å²) in [7, 11) is -2.45. The maximum atomic E-state index is 14.0. The van der Waals surface area contributed by atoms with Crippen LogP contribution in [0.1, 0.15) is 97.7 Å². The molecular weight excluding hydrogens is 777 g/mol. The Bertz CT molecular complexity index is 2500. The van der Waals surface area contributed by atoms with Gasteiger partial charge in [0.25, 0.3) is 0 Å². The van der Waals surface area contributed by atoms with Gasteiger partial charge in [0.2, 0.25) is 10.0 Å². The van der Waals surface area contributed by atoms with Gasteiger partial charge in [-0.3, -0.25) is 4.79 Å². The lowest BCUT2D eigenvalue weighted by atomic mass is 9.82. The second-order valence-corrected chi connectivity index (χ2v) is 19.1. The van der Waals surface area contributed by atoms with E-state index in [1.54, 1.807) is 12.1 Å². The van der Waals surface area contributed by atoms with Gasteiger partial charge in [0.05, 0.1) is 16.4 Å². The molecule has 61 heavy (non-hydrogen) atoms. The molecule has 0 saturated heterocycles. The van der Waals surface area contributed by atoms with Crippen LogP contribution in [0.15, 0.2) is 120 Å². The molecule has 0 bridgehead atoms. The highest BCUT2D eigenvalue weighted by Gasteiger charge is 2.35. The number of carbonyl (C=O) groups is 1. The van der Waals surface area contributed by atoms with Gasteiger partial charge in [-0.15, -0.1) is 0 Å². The molecule has 7 rings (SSSR count). The van der Waals surface area contributed by atoms with E-state index in [9.17, 15) is 13.2 Å². The van der Waals surface area contributed by atoms with Gasteiger partial charge >= 0.3 is 5.97 Å². The molecule has 318 valence electrons. The van der Waals surface area contributed by atoms with Crippen LogP contribution in [-0.2, 0) is 19.6 Å². The highest BCUT2D eigenvalue weighted by Crippen LogP contribution is 2.43. The van der Waals surface area contributed by atoms with Gasteiger partial charge in [-0.25, -0.2) is 13.1 Å². The Morgan fingerprint density at radius 2 is 1.21 bits per heavy atom. The lowest BCUT2D eigenvalue weighted by Gasteiger charge is -2.35. The number of benzene rings is 6. The average Bonchev–Trinajstić information content (AvgIpc) is 3.25. The third-order valence-corrected chi connectivity index (χ3v) is 14.1. The first-order chi connectivity index (χ1) is 29.2. The van der Waals surface area contributed by atoms with Crippen LogP contribution in [0.5, 0.6) is 0 Å². The number of ether oxygens (including phenoxy) is 1. The minimum atomic E-state index is -3.91. The molecule has 1 aliphatic rings. The monoisotopic (exact) mass is 836 g/mol. The summed E-state index contributed by atoms with van der Waals surface area (Å²) in [6.07, 6.45) is 3.96. The van der Waals surface area contributed by atoms with Gasteiger partial charge < -0.3 is 20.7 Å². The first-order valence-electron chi connectivity index (χ1n) is 21.5. The van der Waals surface area contributed by atoms with Gasteiger partial charge in [0.15, 0.2) is 0 Å². The molecule has 0 aliphatic heterocycles. The number of hydrogen-bond acceptors (Lipinski definition) is 7. The summed E-state index contributed by atoms with van der Waals surface area (Å²) < 4.78 is 36.8. The number of hydrogen-bond donors (Lipinski definition) is 4. The van der Waals surface area contributed by atoms with Crippen molar-refractivity contribution in [2.45, 2.75) is 104 Å². The molecule has 8 nitrogen and oxygen atoms in total. The van der Waals surface area contributed by atoms with E-state index >= 15 is 0 Å². The predicted molar refractivity (Wildman–Crippen MR) is 252 cm³/mol. The van der Waals surface area contributed by atoms with E-state index in [0.29, 0.717) is 11.8 Å². The molecule has 6 aromatic rings. The number of aryl methyl sites for hydroxylation is 4. The van der Waals surface area contributed by atoms with E-state index in [4.69, 9.17) is 4.74 Å². The fourth-order valence-corrected chi connectivity index (χ4v) is 9.50. The summed E-state index contributed by atoms with van der Waals surface area (Å²) >= 11 is 0. The Labute approximate surface area is 362 Å². The van der Waals surface area contributed by atoms with Gasteiger partial charge in [-0.2, -0.15) is 0 Å². The Kier molecular flexibility index (Phi) is 12.9. The van der Waals surface area contributed by atoms with E-state index in [2.05, 4.69) is 145 Å². The zero-order valence-corrected chi connectivity index (χ0v) is 37.6. The molecule has 2 unspecified atom stereocenters. The number of anilines is 5. The van der Waals surface area contributed by atoms with Crippen LogP contribution in [0.25, 0.3) is 10.8 Å². The Balaban J connectivity index is 1.35. The van der Waals surface area contributed by atoms with Crippen molar-refractivity contribution in [3.8, 4) is 0 Å². The molecule has 9 heteroatoms. The van der Waals surface area contributed by atoms with Crippen molar-refractivity contribution < 1.29 is 17.9 Å². The van der Waals surface area contributed by atoms with Crippen LogP contribution in [0, 0.1) is 33.1 Å². The highest BCUT2D eigenvalue weighted by atomic mass is 32.2. The van der Waals surface area contributed by atoms with Crippen molar-refractivity contribution in [2.24, 2.45) is 5.41 Å². The van der Waals surface area contributed by atoms with Crippen molar-refractivity contribution in [2.75, 3.05) is 23.0 Å². The molecule has 1 saturated carbocycles. The number of carbonyl (C=O) groups excluding carboxylic acids is 1. The van der Waals surface area contributed by atoms with Crippen LogP contribution in [0.3, 0.4) is 0 Å². The summed E-state index contributed by atoms with van der Waals surface area (Å²) in [4.78, 5) is 13.5. The summed E-state index contributed by atoms with van der Waals surface area (Å²) in [5.74, 6) is -0.530. The third-order valence-electron chi connectivity index (χ3n) is 12.6. The second kappa shape index (κ2) is 18.1. The summed E-state index contributed by atoms with van der Waals surface area (Å²) in [6, 6.07) is 39.0. The number of nitrogens with one attached hydrogen (secondary N) is 4. The lowest BCUT2D eigenvalue weighted by Crippen LogP contribution is -2.42. The molecule has 6 aromatic carbocycles. The summed E-state index contributed by atoms with van der Waals surface area (Å²) in [6.45, 7) is 14.3. The molecule has 0 spiro atoms. The van der Waals surface area contributed by atoms with Gasteiger partial charge in [-0.05, 0) is 150 Å². The average molecular weight is 837 g/mol. The minimum absolute atomic E-state index is 0.131. The molecule has 0 aromatic heterocycles. The van der Waals surface area contributed by atoms with Crippen LogP contribution in [0.2, 0.25) is 0 Å². The van der Waals surface area contributed by atoms with E-state index in [0.717, 1.165) is 98.5 Å². The largest absolute Gasteiger partial charge is 0.460 e. The number of para-hydroxylation sites is 2. The van der Waals surface area contributed by atoms with Gasteiger partial charge in [0, 0.05) is 45.1 Å². The maximum absolute atomic E-state index is 14.0. The fourth-order valence-electron chi connectivity index (χ4n) is 8.53. The zero-order chi connectivity index (χ0) is 43.5. The minimum Gasteiger partial charge on any atom is -0.460 e. The molecule has 0 amide bonds. The first-order valence-corrected chi connectivity index (χ1v) is 23.0. The van der Waals surface area contributed by atoms with Crippen LogP contribution < -0.4 is 20.7 Å². The van der Waals surface area contributed by atoms with Crippen molar-refractivity contribution in [1.82, 2.24) is 4.72 Å². The van der Waals surface area contributed by atoms with Gasteiger partial charge in [0.1, 0.15) is 6.10 Å². The number of rotatable bonds is 14. The first kappa shape index (κ1) is 43.4. The van der Waals surface area contributed by atoms with E-state index in [1.807, 2.05) is 26.8 Å². The normalized spacial score (nSPS) is 15.8. The highest BCUT2D eigenvalue weighted by molar-refractivity contribution is 7.89. The zero-order valence-electron chi connectivity index (χ0n) is 36.8. The Morgan fingerprint density at radius 1 is 0.705 bits per heavy atom. The van der Waals surface area contributed by atoms with Crippen molar-refractivity contribution in [1.29, 1.82) is 0 Å². The number of sulfonamides is 1. The summed E-state index contributed by atoms with van der Waals surface area (Å²) in [5, 5.41) is 12.4. The second-order valence-electron chi connectivity index (χ2n) is 17.3. The molecular formula is C52H60N4O4S. The third kappa shape index (κ3) is 9.33. The van der Waals surface area contributed by atoms with Crippen LogP contribution in [0.4, 0.5) is 28.4 Å². The molecule has 1 aliphatic carbocycles. The Hall–Kier alpha value is -5.64. The van der Waals surface area contributed by atoms with Gasteiger partial charge in [-0.1, -0.05) is 92.2 Å². The molecule has 2 atom stereocenters. The van der Waals surface area contributed by atoms with Crippen LogP contribution >= 0.6 is 0 Å². The maximum Gasteiger partial charge on any atom is 0.311 e. The quantitative estimate of drug-likeness (QED) is 0.0639. The number of esters is 1. The van der Waals surface area contributed by atoms with E-state index < -0.39 is 15.4 Å². The molecule has 1 fully saturated rings. The Morgan fingerprint density at radius 3 is 1.72 bits per heavy atom. The predicted octanol–water partition coefficient (Wildman–Crippen LogP) is 12.4. The SMILES string of the molecule is CCC(C)(C)C(=O)OC1CCCCC1Nc1ccc(C(c2ccc(Nc3c(C)cccc3C)cc2)c2ccc(Nc3c(C)cccc3C)cc2)c2c(S(=O)(=O)NC)cccc12. The van der Waals surface area contributed by atoms with E-state index in [-0.39, 0.29) is 28.9 Å². The van der Waals surface area contributed by atoms with E-state index in [1.165, 1.54) is 7.05 Å². The fraction of sp³-hybridized carbons (Fsp3) is 0.327. The smallest absolute Gasteiger partial charge is 0.311 e. The van der Waals surface area contributed by atoms with Crippen molar-refractivity contribution in [3.05, 3.63) is 154 Å². The molecule has 4 N–H and O–H groups in total.